The molecule has 0 saturated heterocycles. The fourth-order valence-electron chi connectivity index (χ4n) is 2.41. The lowest BCUT2D eigenvalue weighted by Gasteiger charge is -2.02. The van der Waals surface area contributed by atoms with E-state index in [-0.39, 0.29) is 5.82 Å². The molecule has 0 spiro atoms. The maximum Gasteiger partial charge on any atom is 0.227 e. The molecule has 4 rings (SSSR count). The molecule has 22 heavy (non-hydrogen) atoms. The van der Waals surface area contributed by atoms with Gasteiger partial charge in [-0.15, -0.1) is 10.2 Å². The van der Waals surface area contributed by atoms with Crippen LogP contribution in [0, 0.1) is 12.7 Å². The smallest absolute Gasteiger partial charge is 0.227 e. The molecule has 0 atom stereocenters. The van der Waals surface area contributed by atoms with Crippen molar-refractivity contribution in [1.82, 2.24) is 19.7 Å². The van der Waals surface area contributed by atoms with Gasteiger partial charge in [-0.1, -0.05) is 6.07 Å². The molecular weight excluding hydrogens is 283 g/mol. The zero-order valence-electron chi connectivity index (χ0n) is 11.7. The molecule has 4 aromatic rings. The Morgan fingerprint density at radius 1 is 1.09 bits per heavy atom. The van der Waals surface area contributed by atoms with Gasteiger partial charge in [-0.3, -0.25) is 4.57 Å². The van der Waals surface area contributed by atoms with Crippen LogP contribution in [0.25, 0.3) is 28.2 Å². The first-order chi connectivity index (χ1) is 10.7. The molecule has 5 nitrogen and oxygen atoms in total. The highest BCUT2D eigenvalue weighted by atomic mass is 19.1. The maximum absolute atomic E-state index is 13.4. The Kier molecular flexibility index (Phi) is 2.75. The Labute approximate surface area is 125 Å². The number of fused-ring (bicyclic) bond motifs is 1. The fraction of sp³-hybridized carbons (Fsp3) is 0.0625. The molecule has 6 heteroatoms. The standard InChI is InChI=1S/C16H11FN4O/c1-10-5-13(21-8-18-19-9-21)7-14-15(10)22-16(20-14)11-3-2-4-12(17)6-11/h2-9H,1H3. The Hall–Kier alpha value is -3.02. The van der Waals surface area contributed by atoms with Crippen LogP contribution in [-0.2, 0) is 0 Å². The van der Waals surface area contributed by atoms with Crippen molar-refractivity contribution in [2.45, 2.75) is 6.92 Å². The van der Waals surface area contributed by atoms with Crippen LogP contribution in [0.2, 0.25) is 0 Å². The van der Waals surface area contributed by atoms with E-state index in [9.17, 15) is 4.39 Å². The van der Waals surface area contributed by atoms with Gasteiger partial charge in [0.25, 0.3) is 0 Å². The SMILES string of the molecule is Cc1cc(-n2cnnc2)cc2nc(-c3cccc(F)c3)oc12. The van der Waals surface area contributed by atoms with Crippen molar-refractivity contribution in [3.8, 4) is 17.1 Å². The van der Waals surface area contributed by atoms with Crippen LogP contribution in [-0.4, -0.2) is 19.7 Å². The summed E-state index contributed by atoms with van der Waals surface area (Å²) in [5, 5.41) is 7.60. The average molecular weight is 294 g/mol. The van der Waals surface area contributed by atoms with Crippen molar-refractivity contribution in [1.29, 1.82) is 0 Å². The summed E-state index contributed by atoms with van der Waals surface area (Å²) >= 11 is 0. The Bertz CT molecular complexity index is 960. The number of nitrogens with zero attached hydrogens (tertiary/aromatic N) is 4. The summed E-state index contributed by atoms with van der Waals surface area (Å²) in [5.41, 5.74) is 3.85. The molecule has 0 aliphatic heterocycles. The molecule has 0 saturated carbocycles. The second-order valence-electron chi connectivity index (χ2n) is 5.01. The molecule has 2 aromatic heterocycles. The Morgan fingerprint density at radius 2 is 1.91 bits per heavy atom. The molecule has 0 aliphatic rings. The van der Waals surface area contributed by atoms with Gasteiger partial charge in [0.05, 0.1) is 5.69 Å². The molecule has 0 radical (unpaired) electrons. The highest BCUT2D eigenvalue weighted by Crippen LogP contribution is 2.28. The zero-order valence-corrected chi connectivity index (χ0v) is 11.7. The summed E-state index contributed by atoms with van der Waals surface area (Å²) < 4.78 is 20.9. The van der Waals surface area contributed by atoms with Crippen LogP contribution >= 0.6 is 0 Å². The van der Waals surface area contributed by atoms with Gasteiger partial charge >= 0.3 is 0 Å². The number of hydrogen-bond acceptors (Lipinski definition) is 4. The van der Waals surface area contributed by atoms with Crippen molar-refractivity contribution >= 4 is 11.1 Å². The quantitative estimate of drug-likeness (QED) is 0.567. The first kappa shape index (κ1) is 12.7. The summed E-state index contributed by atoms with van der Waals surface area (Å²) in [7, 11) is 0. The van der Waals surface area contributed by atoms with Gasteiger partial charge in [0.1, 0.15) is 24.0 Å². The summed E-state index contributed by atoms with van der Waals surface area (Å²) in [5.74, 6) is 0.0835. The first-order valence-corrected chi connectivity index (χ1v) is 6.73. The van der Waals surface area contributed by atoms with Gasteiger partial charge < -0.3 is 4.42 Å². The van der Waals surface area contributed by atoms with Crippen molar-refractivity contribution in [3.63, 3.8) is 0 Å². The van der Waals surface area contributed by atoms with E-state index in [1.165, 1.54) is 12.1 Å². The molecule has 0 unspecified atom stereocenters. The summed E-state index contributed by atoms with van der Waals surface area (Å²) in [6, 6.07) is 10.0. The number of oxazole rings is 1. The predicted octanol–water partition coefficient (Wildman–Crippen LogP) is 3.52. The number of aryl methyl sites for hydroxylation is 1. The summed E-state index contributed by atoms with van der Waals surface area (Å²) in [4.78, 5) is 4.47. The molecule has 0 aliphatic carbocycles. The van der Waals surface area contributed by atoms with E-state index in [1.807, 2.05) is 19.1 Å². The third-order valence-electron chi connectivity index (χ3n) is 3.45. The van der Waals surface area contributed by atoms with Crippen LogP contribution in [0.4, 0.5) is 4.39 Å². The van der Waals surface area contributed by atoms with Crippen LogP contribution in [0.15, 0.2) is 53.5 Å². The van der Waals surface area contributed by atoms with Crippen molar-refractivity contribution in [2.75, 3.05) is 0 Å². The zero-order chi connectivity index (χ0) is 15.1. The molecular formula is C16H11FN4O. The van der Waals surface area contributed by atoms with E-state index in [4.69, 9.17) is 4.42 Å². The van der Waals surface area contributed by atoms with E-state index in [2.05, 4.69) is 15.2 Å². The van der Waals surface area contributed by atoms with Gasteiger partial charge in [0.15, 0.2) is 5.58 Å². The van der Waals surface area contributed by atoms with Crippen LogP contribution in [0.5, 0.6) is 0 Å². The molecule has 0 bridgehead atoms. The van der Waals surface area contributed by atoms with Crippen molar-refractivity contribution < 1.29 is 8.81 Å². The third-order valence-corrected chi connectivity index (χ3v) is 3.45. The monoisotopic (exact) mass is 294 g/mol. The minimum atomic E-state index is -0.318. The molecule has 2 aromatic carbocycles. The van der Waals surface area contributed by atoms with Crippen LogP contribution in [0.3, 0.4) is 0 Å². The second-order valence-corrected chi connectivity index (χ2v) is 5.01. The van der Waals surface area contributed by atoms with Crippen LogP contribution < -0.4 is 0 Å². The number of aromatic nitrogens is 4. The lowest BCUT2D eigenvalue weighted by atomic mass is 10.2. The van der Waals surface area contributed by atoms with E-state index in [0.717, 1.165) is 11.3 Å². The van der Waals surface area contributed by atoms with Crippen molar-refractivity contribution in [2.24, 2.45) is 0 Å². The number of benzene rings is 2. The van der Waals surface area contributed by atoms with Gasteiger partial charge in [-0.05, 0) is 42.8 Å². The molecule has 0 amide bonds. The number of rotatable bonds is 2. The molecule has 2 heterocycles. The minimum absolute atomic E-state index is 0.318. The molecule has 0 N–H and O–H groups in total. The summed E-state index contributed by atoms with van der Waals surface area (Å²) in [6.07, 6.45) is 3.24. The van der Waals surface area contributed by atoms with Crippen LogP contribution in [0.1, 0.15) is 5.56 Å². The topological polar surface area (TPSA) is 56.7 Å². The lowest BCUT2D eigenvalue weighted by molar-refractivity contribution is 0.609. The van der Waals surface area contributed by atoms with E-state index < -0.39 is 0 Å². The average Bonchev–Trinajstić information content (AvgIpc) is 3.16. The third kappa shape index (κ3) is 2.05. The first-order valence-electron chi connectivity index (χ1n) is 6.73. The Balaban J connectivity index is 1.89. The number of hydrogen-bond donors (Lipinski definition) is 0. The number of halogens is 1. The van der Waals surface area contributed by atoms with E-state index in [0.29, 0.717) is 22.6 Å². The Morgan fingerprint density at radius 3 is 2.68 bits per heavy atom. The maximum atomic E-state index is 13.4. The molecule has 0 fully saturated rings. The van der Waals surface area contributed by atoms with E-state index >= 15 is 0 Å². The lowest BCUT2D eigenvalue weighted by Crippen LogP contribution is -1.91. The van der Waals surface area contributed by atoms with E-state index in [1.54, 1.807) is 29.4 Å². The minimum Gasteiger partial charge on any atom is -0.436 e. The predicted molar refractivity (Wildman–Crippen MR) is 79.1 cm³/mol. The highest BCUT2D eigenvalue weighted by molar-refractivity contribution is 5.81. The van der Waals surface area contributed by atoms with Crippen molar-refractivity contribution in [3.05, 3.63) is 60.4 Å². The summed E-state index contributed by atoms with van der Waals surface area (Å²) in [6.45, 7) is 1.94. The second kappa shape index (κ2) is 4.77. The highest BCUT2D eigenvalue weighted by Gasteiger charge is 2.12. The normalized spacial score (nSPS) is 11.2. The van der Waals surface area contributed by atoms with Gasteiger partial charge in [0, 0.05) is 5.56 Å². The molecule has 108 valence electrons. The van der Waals surface area contributed by atoms with Gasteiger partial charge in [0.2, 0.25) is 5.89 Å². The fourth-order valence-corrected chi connectivity index (χ4v) is 2.41. The largest absolute Gasteiger partial charge is 0.436 e. The van der Waals surface area contributed by atoms with Gasteiger partial charge in [-0.25, -0.2) is 9.37 Å². The van der Waals surface area contributed by atoms with Gasteiger partial charge in [-0.2, -0.15) is 0 Å².